The number of allylic oxidation sites excluding steroid dienone is 1. The highest BCUT2D eigenvalue weighted by Gasteiger charge is 2.29. The maximum absolute atomic E-state index is 12.4. The van der Waals surface area contributed by atoms with E-state index in [0.29, 0.717) is 18.3 Å². The monoisotopic (exact) mass is 521 g/mol. The Balaban J connectivity index is 1.15. The molecule has 4 rings (SSSR count). The highest BCUT2D eigenvalue weighted by atomic mass is 32.1. The van der Waals surface area contributed by atoms with Crippen molar-refractivity contribution in [1.82, 2.24) is 14.9 Å². The first kappa shape index (κ1) is 26.8. The molecule has 196 valence electrons. The topological polar surface area (TPSA) is 55.3 Å². The van der Waals surface area contributed by atoms with Crippen molar-refractivity contribution in [1.29, 1.82) is 0 Å². The van der Waals surface area contributed by atoms with Crippen LogP contribution in [-0.2, 0) is 17.6 Å². The van der Waals surface area contributed by atoms with Gasteiger partial charge in [0, 0.05) is 43.1 Å². The van der Waals surface area contributed by atoms with Crippen molar-refractivity contribution in [2.45, 2.75) is 64.5 Å². The van der Waals surface area contributed by atoms with Gasteiger partial charge in [0.05, 0.1) is 10.7 Å². The minimum absolute atomic E-state index is 0.0449. The molecule has 0 radical (unpaired) electrons. The van der Waals surface area contributed by atoms with Crippen LogP contribution in [0.25, 0.3) is 6.08 Å². The Morgan fingerprint density at radius 1 is 1.14 bits per heavy atom. The molecule has 1 saturated carbocycles. The van der Waals surface area contributed by atoms with Crippen molar-refractivity contribution in [3.05, 3.63) is 45.5 Å². The third-order valence-corrected chi connectivity index (χ3v) is 7.97. The molecular weight excluding hydrogens is 487 g/mol. The molecule has 9 heteroatoms. The van der Waals surface area contributed by atoms with Gasteiger partial charge in [0.1, 0.15) is 0 Å². The molecule has 0 saturated heterocycles. The molecule has 2 aromatic heterocycles. The number of nitrogens with zero attached hydrogens (tertiary/aromatic N) is 3. The zero-order valence-electron chi connectivity index (χ0n) is 20.7. The summed E-state index contributed by atoms with van der Waals surface area (Å²) in [6.45, 7) is 3.46. The molecule has 0 unspecified atom stereocenters. The molecule has 0 amide bonds. The van der Waals surface area contributed by atoms with Crippen molar-refractivity contribution < 1.29 is 22.7 Å². The third kappa shape index (κ3) is 8.40. The number of rotatable bonds is 9. The Hall–Kier alpha value is -2.26. The van der Waals surface area contributed by atoms with E-state index in [1.165, 1.54) is 12.8 Å². The van der Waals surface area contributed by atoms with Crippen LogP contribution in [0.3, 0.4) is 0 Å². The van der Waals surface area contributed by atoms with E-state index < -0.39 is 12.8 Å². The number of ether oxygens (including phenoxy) is 1. The number of ketones is 1. The number of carbonyl (C=O) groups excluding carboxylic acids is 1. The van der Waals surface area contributed by atoms with Crippen molar-refractivity contribution in [2.24, 2.45) is 11.8 Å². The van der Waals surface area contributed by atoms with Gasteiger partial charge in [-0.25, -0.2) is 9.97 Å². The molecule has 3 heterocycles. The number of hydrogen-bond acceptors (Lipinski definition) is 6. The van der Waals surface area contributed by atoms with E-state index in [9.17, 15) is 18.0 Å². The van der Waals surface area contributed by atoms with Crippen LogP contribution < -0.4 is 4.74 Å². The van der Waals surface area contributed by atoms with Crippen LogP contribution in [0, 0.1) is 18.8 Å². The zero-order valence-corrected chi connectivity index (χ0v) is 21.5. The summed E-state index contributed by atoms with van der Waals surface area (Å²) in [5.41, 5.74) is 2.81. The van der Waals surface area contributed by atoms with Crippen molar-refractivity contribution in [3.63, 3.8) is 0 Å². The lowest BCUT2D eigenvalue weighted by atomic mass is 9.78. The Morgan fingerprint density at radius 3 is 2.61 bits per heavy atom. The number of hydrogen-bond donors (Lipinski definition) is 0. The number of thiazole rings is 1. The van der Waals surface area contributed by atoms with Gasteiger partial charge in [0.25, 0.3) is 0 Å². The predicted octanol–water partition coefficient (Wildman–Crippen LogP) is 6.06. The smallest absolute Gasteiger partial charge is 0.422 e. The highest BCUT2D eigenvalue weighted by molar-refractivity contribution is 7.09. The van der Waals surface area contributed by atoms with E-state index in [1.54, 1.807) is 23.5 Å². The number of pyridine rings is 1. The molecule has 0 N–H and O–H groups in total. The van der Waals surface area contributed by atoms with E-state index in [1.807, 2.05) is 24.4 Å². The van der Waals surface area contributed by atoms with Gasteiger partial charge in [-0.15, -0.1) is 11.3 Å². The molecule has 2 aliphatic rings. The molecule has 1 aliphatic carbocycles. The molecule has 36 heavy (non-hydrogen) atoms. The van der Waals surface area contributed by atoms with Crippen LogP contribution in [0.2, 0.25) is 0 Å². The summed E-state index contributed by atoms with van der Waals surface area (Å²) in [5.74, 6) is 1.40. The number of aromatic nitrogens is 2. The fourth-order valence-electron chi connectivity index (χ4n) is 5.15. The van der Waals surface area contributed by atoms with Crippen LogP contribution in [0.4, 0.5) is 13.2 Å². The van der Waals surface area contributed by atoms with E-state index in [-0.39, 0.29) is 11.7 Å². The SMILES string of the molecule is Cc1nc(/C=C/C(=O)CC2CCC(CCN3CCc4ccc(OCC(F)(F)F)nc4CC3)CC2)cs1. The van der Waals surface area contributed by atoms with Crippen LogP contribution >= 0.6 is 11.3 Å². The van der Waals surface area contributed by atoms with E-state index >= 15 is 0 Å². The Bertz CT molecular complexity index is 1050. The van der Waals surface area contributed by atoms with Crippen molar-refractivity contribution >= 4 is 23.2 Å². The van der Waals surface area contributed by atoms with Crippen LogP contribution in [0.1, 0.15) is 60.5 Å². The van der Waals surface area contributed by atoms with Crippen LogP contribution in [0.15, 0.2) is 23.6 Å². The van der Waals surface area contributed by atoms with Gasteiger partial charge < -0.3 is 9.64 Å². The van der Waals surface area contributed by atoms with Gasteiger partial charge in [-0.2, -0.15) is 13.2 Å². The van der Waals surface area contributed by atoms with Gasteiger partial charge in [0.2, 0.25) is 5.88 Å². The minimum Gasteiger partial charge on any atom is -0.468 e. The van der Waals surface area contributed by atoms with Gasteiger partial charge in [-0.1, -0.05) is 18.9 Å². The van der Waals surface area contributed by atoms with Crippen molar-refractivity contribution in [3.8, 4) is 5.88 Å². The highest BCUT2D eigenvalue weighted by Crippen LogP contribution is 2.33. The summed E-state index contributed by atoms with van der Waals surface area (Å²) < 4.78 is 42.1. The second-order valence-electron chi connectivity index (χ2n) is 9.97. The van der Waals surface area contributed by atoms with Crippen LogP contribution in [-0.4, -0.2) is 53.1 Å². The summed E-state index contributed by atoms with van der Waals surface area (Å²) >= 11 is 1.59. The number of fused-ring (bicyclic) bond motifs is 1. The molecule has 0 aromatic carbocycles. The van der Waals surface area contributed by atoms with Crippen LogP contribution in [0.5, 0.6) is 5.88 Å². The van der Waals surface area contributed by atoms with Gasteiger partial charge in [-0.3, -0.25) is 4.79 Å². The first-order chi connectivity index (χ1) is 17.2. The maximum Gasteiger partial charge on any atom is 0.422 e. The van der Waals surface area contributed by atoms with Gasteiger partial charge in [-0.05, 0) is 68.7 Å². The third-order valence-electron chi connectivity index (χ3n) is 7.18. The summed E-state index contributed by atoms with van der Waals surface area (Å²) in [7, 11) is 0. The Morgan fingerprint density at radius 2 is 1.89 bits per heavy atom. The molecule has 1 fully saturated rings. The molecule has 2 aromatic rings. The lowest BCUT2D eigenvalue weighted by Crippen LogP contribution is -2.29. The zero-order chi connectivity index (χ0) is 25.5. The predicted molar refractivity (Wildman–Crippen MR) is 135 cm³/mol. The summed E-state index contributed by atoms with van der Waals surface area (Å²) in [6, 6.07) is 3.40. The molecule has 0 spiro atoms. The summed E-state index contributed by atoms with van der Waals surface area (Å²) in [5, 5.41) is 2.97. The number of aryl methyl sites for hydroxylation is 1. The minimum atomic E-state index is -4.36. The van der Waals surface area contributed by atoms with E-state index in [4.69, 9.17) is 4.74 Å². The quantitative estimate of drug-likeness (QED) is 0.376. The lowest BCUT2D eigenvalue weighted by molar-refractivity contribution is -0.154. The fourth-order valence-corrected chi connectivity index (χ4v) is 5.73. The standard InChI is InChI=1S/C27H34F3N3O2S/c1-19-31-23(17-36-19)7-8-24(34)16-21-4-2-20(3-5-21)10-13-33-14-11-22-6-9-26(32-25(22)12-15-33)35-18-27(28,29)30/h6-9,17,20-21H,2-5,10-16,18H2,1H3/b8-7+. The summed E-state index contributed by atoms with van der Waals surface area (Å²) in [6.07, 6.45) is 7.04. The second-order valence-corrected chi connectivity index (χ2v) is 11.0. The Kier molecular flexibility index (Phi) is 9.17. The normalized spacial score (nSPS) is 21.3. The maximum atomic E-state index is 12.4. The molecule has 1 aliphatic heterocycles. The molecule has 0 atom stereocenters. The van der Waals surface area contributed by atoms with Gasteiger partial charge >= 0.3 is 6.18 Å². The van der Waals surface area contributed by atoms with E-state index in [0.717, 1.165) is 73.7 Å². The largest absolute Gasteiger partial charge is 0.468 e. The molecular formula is C27H34F3N3O2S. The Labute approximate surface area is 214 Å². The number of halogens is 3. The lowest BCUT2D eigenvalue weighted by Gasteiger charge is -2.30. The van der Waals surface area contributed by atoms with Crippen molar-refractivity contribution in [2.75, 3.05) is 26.2 Å². The fraction of sp³-hybridized carbons (Fsp3) is 0.593. The molecule has 0 bridgehead atoms. The average Bonchev–Trinajstić information content (AvgIpc) is 3.15. The number of alkyl halides is 3. The number of carbonyl (C=O) groups is 1. The first-order valence-electron chi connectivity index (χ1n) is 12.8. The summed E-state index contributed by atoms with van der Waals surface area (Å²) in [4.78, 5) is 23.5. The average molecular weight is 522 g/mol. The molecule has 5 nitrogen and oxygen atoms in total. The van der Waals surface area contributed by atoms with E-state index in [2.05, 4.69) is 14.9 Å². The first-order valence-corrected chi connectivity index (χ1v) is 13.7. The van der Waals surface area contributed by atoms with Gasteiger partial charge in [0.15, 0.2) is 12.4 Å². The second kappa shape index (κ2) is 12.3.